The molecule has 204 valence electrons. The molecule has 0 saturated heterocycles. The fourth-order valence-electron chi connectivity index (χ4n) is 3.57. The lowest BCUT2D eigenvalue weighted by Gasteiger charge is -2.20. The Hall–Kier alpha value is -5.21. The van der Waals surface area contributed by atoms with E-state index in [1.165, 1.54) is 0 Å². The number of hydrogen-bond acceptors (Lipinski definition) is 5. The summed E-state index contributed by atoms with van der Waals surface area (Å²) >= 11 is 0. The summed E-state index contributed by atoms with van der Waals surface area (Å²) in [6.45, 7) is 0. The number of benzene rings is 2. The van der Waals surface area contributed by atoms with Crippen LogP contribution in [0, 0.1) is 56.7 Å². The minimum absolute atomic E-state index is 0.0779. The lowest BCUT2D eigenvalue weighted by Crippen LogP contribution is -2.36. The van der Waals surface area contributed by atoms with Crippen molar-refractivity contribution < 1.29 is 52.7 Å². The summed E-state index contributed by atoms with van der Waals surface area (Å²) in [4.78, 5) is 0. The van der Waals surface area contributed by atoms with Crippen LogP contribution >= 0.6 is 0 Å². The van der Waals surface area contributed by atoms with Gasteiger partial charge in [-0.2, -0.15) is 79.0 Å². The molecule has 0 saturated carbocycles. The second-order valence-electron chi connectivity index (χ2n) is 7.34. The number of alkyl halides is 12. The SMILES string of the molecule is N#CC(C#N)=c1cc(C#N)/c(=C(\C#N)c2cc(C(F)(F)F)c(C#N)c(C(F)(F)F)c2)c(C(F)(F)F)c1C(F)(F)F. The first-order chi connectivity index (χ1) is 18.2. The highest BCUT2D eigenvalue weighted by molar-refractivity contribution is 5.81. The van der Waals surface area contributed by atoms with E-state index in [0.29, 0.717) is 6.07 Å². The highest BCUT2D eigenvalue weighted by Gasteiger charge is 2.47. The number of hydrogen-bond donors (Lipinski definition) is 0. The van der Waals surface area contributed by atoms with Gasteiger partial charge in [0.05, 0.1) is 45.0 Å². The Kier molecular flexibility index (Phi) is 7.88. The molecule has 0 bridgehead atoms. The Balaban J connectivity index is 3.61. The number of nitriles is 5. The minimum atomic E-state index is -6.22. The Labute approximate surface area is 213 Å². The quantitative estimate of drug-likeness (QED) is 0.419. The van der Waals surface area contributed by atoms with Crippen molar-refractivity contribution in [1.82, 2.24) is 0 Å². The standard InChI is InChI=1S/C23H3F12N5/c24-20(25,26)15-2-9(3-16(14(15)8-40)21(27,28)29)13(7-39)17-10(4-36)1-12(11(5-37)6-38)18(22(30,31)32)19(17)23(33,34)35/h1-3H/b17-13-. The number of rotatable bonds is 1. The van der Waals surface area contributed by atoms with E-state index in [2.05, 4.69) is 0 Å². The van der Waals surface area contributed by atoms with E-state index < -0.39 is 85.2 Å². The van der Waals surface area contributed by atoms with E-state index >= 15 is 0 Å². The molecule has 0 radical (unpaired) electrons. The molecule has 0 amide bonds. The molecule has 0 fully saturated rings. The topological polar surface area (TPSA) is 119 Å². The van der Waals surface area contributed by atoms with Crippen LogP contribution in [0.15, 0.2) is 18.2 Å². The van der Waals surface area contributed by atoms with Crippen molar-refractivity contribution in [3.63, 3.8) is 0 Å². The maximum absolute atomic E-state index is 14.2. The van der Waals surface area contributed by atoms with Crippen LogP contribution < -0.4 is 10.4 Å². The van der Waals surface area contributed by atoms with Gasteiger partial charge in [-0.25, -0.2) is 0 Å². The van der Waals surface area contributed by atoms with Gasteiger partial charge in [-0.3, -0.25) is 0 Å². The van der Waals surface area contributed by atoms with Gasteiger partial charge in [-0.1, -0.05) is 0 Å². The van der Waals surface area contributed by atoms with Crippen molar-refractivity contribution >= 4 is 11.1 Å². The highest BCUT2D eigenvalue weighted by atomic mass is 19.4. The molecule has 0 aliphatic carbocycles. The fraction of sp³-hybridized carbons (Fsp3) is 0.174. The van der Waals surface area contributed by atoms with Gasteiger partial charge in [-0.15, -0.1) is 0 Å². The molecule has 2 aromatic carbocycles. The second-order valence-corrected chi connectivity index (χ2v) is 7.34. The molecule has 17 heteroatoms. The summed E-state index contributed by atoms with van der Waals surface area (Å²) in [5, 5.41) is 41.9. The van der Waals surface area contributed by atoms with Crippen LogP contribution in [0.2, 0.25) is 0 Å². The molecular formula is C23H3F12N5. The number of nitrogens with zero attached hydrogens (tertiary/aromatic N) is 5. The van der Waals surface area contributed by atoms with Gasteiger partial charge in [0.15, 0.2) is 0 Å². The van der Waals surface area contributed by atoms with E-state index in [1.807, 2.05) is 0 Å². The van der Waals surface area contributed by atoms with Crippen molar-refractivity contribution in [1.29, 1.82) is 26.3 Å². The third-order valence-electron chi connectivity index (χ3n) is 5.02. The lowest BCUT2D eigenvalue weighted by molar-refractivity contribution is -0.163. The first kappa shape index (κ1) is 31.0. The molecule has 40 heavy (non-hydrogen) atoms. The zero-order valence-corrected chi connectivity index (χ0v) is 18.5. The summed E-state index contributed by atoms with van der Waals surface area (Å²) in [5.41, 5.74) is -19.3. The summed E-state index contributed by atoms with van der Waals surface area (Å²) in [6, 6.07) is 3.40. The Bertz CT molecular complexity index is 1690. The predicted molar refractivity (Wildman–Crippen MR) is 104 cm³/mol. The van der Waals surface area contributed by atoms with Crippen molar-refractivity contribution in [2.75, 3.05) is 0 Å². The van der Waals surface area contributed by atoms with Gasteiger partial charge in [0.2, 0.25) is 0 Å². The van der Waals surface area contributed by atoms with Gasteiger partial charge in [0.1, 0.15) is 29.8 Å². The zero-order chi connectivity index (χ0) is 31.0. The third kappa shape index (κ3) is 5.62. The molecular weight excluding hydrogens is 574 g/mol. The molecule has 2 rings (SSSR count). The van der Waals surface area contributed by atoms with Crippen LogP contribution in [-0.4, -0.2) is 0 Å². The normalized spacial score (nSPS) is 12.8. The fourth-order valence-corrected chi connectivity index (χ4v) is 3.57. The summed E-state index contributed by atoms with van der Waals surface area (Å²) < 4.78 is 166. The largest absolute Gasteiger partial charge is 0.417 e. The molecule has 0 atom stereocenters. The van der Waals surface area contributed by atoms with E-state index in [9.17, 15) is 63.2 Å². The minimum Gasteiger partial charge on any atom is -0.192 e. The third-order valence-corrected chi connectivity index (χ3v) is 5.02. The molecule has 0 N–H and O–H groups in total. The maximum atomic E-state index is 14.2. The molecule has 0 unspecified atom stereocenters. The average molecular weight is 577 g/mol. The van der Waals surface area contributed by atoms with E-state index in [-0.39, 0.29) is 18.2 Å². The van der Waals surface area contributed by atoms with Crippen LogP contribution in [0.3, 0.4) is 0 Å². The van der Waals surface area contributed by atoms with Crippen LogP contribution in [0.4, 0.5) is 52.7 Å². The first-order valence-corrected chi connectivity index (χ1v) is 9.62. The Morgan fingerprint density at radius 3 is 1.30 bits per heavy atom. The van der Waals surface area contributed by atoms with Gasteiger partial charge in [0, 0.05) is 10.4 Å². The van der Waals surface area contributed by atoms with Crippen molar-refractivity contribution in [2.45, 2.75) is 24.7 Å². The number of halogens is 12. The summed E-state index contributed by atoms with van der Waals surface area (Å²) in [6.07, 6.45) is -23.9. The van der Waals surface area contributed by atoms with Crippen LogP contribution in [0.1, 0.15) is 38.9 Å². The van der Waals surface area contributed by atoms with E-state index in [4.69, 9.17) is 15.8 Å². The van der Waals surface area contributed by atoms with Crippen LogP contribution in [-0.2, 0) is 24.7 Å². The Morgan fingerprint density at radius 1 is 0.550 bits per heavy atom. The maximum Gasteiger partial charge on any atom is 0.417 e. The molecule has 2 aromatic rings. The zero-order valence-electron chi connectivity index (χ0n) is 18.5. The predicted octanol–water partition coefficient (Wildman–Crippen LogP) is 5.43. The highest BCUT2D eigenvalue weighted by Crippen LogP contribution is 2.42. The van der Waals surface area contributed by atoms with Gasteiger partial charge in [0.25, 0.3) is 0 Å². The average Bonchev–Trinajstić information content (AvgIpc) is 2.82. The molecule has 0 aromatic heterocycles. The van der Waals surface area contributed by atoms with Gasteiger partial charge in [-0.05, 0) is 23.8 Å². The summed E-state index contributed by atoms with van der Waals surface area (Å²) in [5.74, 6) is 0. The smallest absolute Gasteiger partial charge is 0.192 e. The van der Waals surface area contributed by atoms with Crippen LogP contribution in [0.5, 0.6) is 0 Å². The Morgan fingerprint density at radius 2 is 1.00 bits per heavy atom. The molecule has 5 nitrogen and oxygen atoms in total. The second kappa shape index (κ2) is 10.2. The molecule has 0 aliphatic heterocycles. The monoisotopic (exact) mass is 577 g/mol. The van der Waals surface area contributed by atoms with E-state index in [1.54, 1.807) is 0 Å². The molecule has 0 heterocycles. The summed E-state index contributed by atoms with van der Waals surface area (Å²) in [7, 11) is 0. The van der Waals surface area contributed by atoms with Gasteiger partial charge >= 0.3 is 24.7 Å². The molecule has 0 aliphatic rings. The molecule has 0 spiro atoms. The lowest BCUT2D eigenvalue weighted by atomic mass is 9.88. The van der Waals surface area contributed by atoms with E-state index in [0.717, 1.165) is 24.3 Å². The van der Waals surface area contributed by atoms with Crippen molar-refractivity contribution in [2.24, 2.45) is 0 Å². The van der Waals surface area contributed by atoms with Crippen LogP contribution in [0.25, 0.3) is 11.1 Å². The first-order valence-electron chi connectivity index (χ1n) is 9.62. The van der Waals surface area contributed by atoms with Crippen molar-refractivity contribution in [3.05, 3.63) is 67.6 Å². The van der Waals surface area contributed by atoms with Crippen molar-refractivity contribution in [3.8, 4) is 30.3 Å². The van der Waals surface area contributed by atoms with Gasteiger partial charge < -0.3 is 0 Å².